The van der Waals surface area contributed by atoms with Gasteiger partial charge in [0.15, 0.2) is 0 Å². The maximum Gasteiger partial charge on any atom is 0.248 e. The highest BCUT2D eigenvalue weighted by atomic mass is 16.2. The summed E-state index contributed by atoms with van der Waals surface area (Å²) < 4.78 is 0. The van der Waals surface area contributed by atoms with Crippen LogP contribution in [0.5, 0.6) is 0 Å². The minimum absolute atomic E-state index is 0.0544. The lowest BCUT2D eigenvalue weighted by atomic mass is 10.0. The summed E-state index contributed by atoms with van der Waals surface area (Å²) in [6.45, 7) is 2.75. The molecule has 1 aromatic rings. The van der Waals surface area contributed by atoms with Gasteiger partial charge in [0.25, 0.3) is 0 Å². The minimum atomic E-state index is -0.425. The van der Waals surface area contributed by atoms with E-state index in [-0.39, 0.29) is 18.4 Å². The lowest BCUT2D eigenvalue weighted by Crippen LogP contribution is -2.61. The fourth-order valence-electron chi connectivity index (χ4n) is 2.35. The molecule has 2 heterocycles. The highest BCUT2D eigenvalue weighted by molar-refractivity contribution is 6.13. The molecule has 0 saturated carbocycles. The van der Waals surface area contributed by atoms with Crippen molar-refractivity contribution in [2.75, 3.05) is 23.3 Å². The van der Waals surface area contributed by atoms with Crippen LogP contribution in [0.4, 0.5) is 11.4 Å². The third-order valence-electron chi connectivity index (χ3n) is 3.17. The molecule has 2 aliphatic rings. The van der Waals surface area contributed by atoms with Crippen molar-refractivity contribution < 1.29 is 9.59 Å². The number of nitrogens with zero attached hydrogens (tertiary/aromatic N) is 1. The molecule has 1 aromatic carbocycles. The SMILES string of the molecule is Cc1ccc2c(c1)NC(=O)C1CNCC(=O)N21. The normalized spacial score (nSPS) is 22.9. The van der Waals surface area contributed by atoms with Crippen LogP contribution in [0.15, 0.2) is 18.2 Å². The first-order chi connectivity index (χ1) is 8.16. The monoisotopic (exact) mass is 231 g/mol. The molecule has 0 radical (unpaired) electrons. The van der Waals surface area contributed by atoms with E-state index in [2.05, 4.69) is 10.6 Å². The predicted octanol–water partition coefficient (Wildman–Crippen LogP) is 0.252. The van der Waals surface area contributed by atoms with Gasteiger partial charge in [0.1, 0.15) is 6.04 Å². The van der Waals surface area contributed by atoms with Crippen molar-refractivity contribution in [3.63, 3.8) is 0 Å². The molecule has 5 heteroatoms. The van der Waals surface area contributed by atoms with Crippen molar-refractivity contribution in [2.24, 2.45) is 0 Å². The van der Waals surface area contributed by atoms with E-state index in [1.165, 1.54) is 0 Å². The Morgan fingerprint density at radius 3 is 3.00 bits per heavy atom. The third kappa shape index (κ3) is 1.51. The van der Waals surface area contributed by atoms with E-state index in [9.17, 15) is 9.59 Å². The number of benzene rings is 1. The number of anilines is 2. The highest BCUT2D eigenvalue weighted by Gasteiger charge is 2.38. The van der Waals surface area contributed by atoms with E-state index in [0.29, 0.717) is 6.54 Å². The zero-order chi connectivity index (χ0) is 12.0. The van der Waals surface area contributed by atoms with Crippen molar-refractivity contribution >= 4 is 23.2 Å². The molecule has 1 fully saturated rings. The number of aryl methyl sites for hydroxylation is 1. The zero-order valence-electron chi connectivity index (χ0n) is 9.49. The predicted molar refractivity (Wildman–Crippen MR) is 64.0 cm³/mol. The average molecular weight is 231 g/mol. The topological polar surface area (TPSA) is 61.4 Å². The van der Waals surface area contributed by atoms with Crippen molar-refractivity contribution in [1.29, 1.82) is 0 Å². The number of piperazine rings is 1. The quantitative estimate of drug-likeness (QED) is 0.673. The molecule has 88 valence electrons. The summed E-state index contributed by atoms with van der Waals surface area (Å²) in [5, 5.41) is 5.80. The van der Waals surface area contributed by atoms with E-state index in [1.807, 2.05) is 25.1 Å². The van der Waals surface area contributed by atoms with Gasteiger partial charge in [0, 0.05) is 6.54 Å². The Bertz CT molecular complexity index is 512. The Kier molecular flexibility index (Phi) is 2.16. The maximum absolute atomic E-state index is 11.9. The van der Waals surface area contributed by atoms with Gasteiger partial charge in [-0.2, -0.15) is 0 Å². The average Bonchev–Trinajstić information content (AvgIpc) is 2.29. The number of carbonyl (C=O) groups is 2. The summed E-state index contributed by atoms with van der Waals surface area (Å²) in [5.41, 5.74) is 2.58. The summed E-state index contributed by atoms with van der Waals surface area (Å²) >= 11 is 0. The molecule has 0 bridgehead atoms. The smallest absolute Gasteiger partial charge is 0.248 e. The van der Waals surface area contributed by atoms with Crippen molar-refractivity contribution in [3.8, 4) is 0 Å². The number of carbonyl (C=O) groups excluding carboxylic acids is 2. The first-order valence-electron chi connectivity index (χ1n) is 5.61. The number of amides is 2. The maximum atomic E-state index is 11.9. The lowest BCUT2D eigenvalue weighted by Gasteiger charge is -2.39. The van der Waals surface area contributed by atoms with Gasteiger partial charge in [-0.25, -0.2) is 0 Å². The van der Waals surface area contributed by atoms with E-state index < -0.39 is 6.04 Å². The molecule has 1 atom stereocenters. The van der Waals surface area contributed by atoms with Gasteiger partial charge in [-0.15, -0.1) is 0 Å². The fourth-order valence-corrected chi connectivity index (χ4v) is 2.35. The van der Waals surface area contributed by atoms with Gasteiger partial charge in [-0.1, -0.05) is 6.07 Å². The standard InChI is InChI=1S/C12H13N3O2/c1-7-2-3-9-8(4-7)14-12(17)10-5-13-6-11(16)15(9)10/h2-4,10,13H,5-6H2,1H3,(H,14,17). The van der Waals surface area contributed by atoms with Gasteiger partial charge in [0.05, 0.1) is 17.9 Å². The lowest BCUT2D eigenvalue weighted by molar-refractivity contribution is -0.124. The van der Waals surface area contributed by atoms with Crippen LogP contribution in [0, 0.1) is 6.92 Å². The summed E-state index contributed by atoms with van der Waals surface area (Å²) in [6.07, 6.45) is 0. The highest BCUT2D eigenvalue weighted by Crippen LogP contribution is 2.33. The molecule has 1 unspecified atom stereocenters. The third-order valence-corrected chi connectivity index (χ3v) is 3.17. The molecule has 2 aliphatic heterocycles. The van der Waals surface area contributed by atoms with Crippen LogP contribution < -0.4 is 15.5 Å². The van der Waals surface area contributed by atoms with Crippen LogP contribution in [0.25, 0.3) is 0 Å². The second-order valence-electron chi connectivity index (χ2n) is 4.42. The van der Waals surface area contributed by atoms with Gasteiger partial charge in [-0.3, -0.25) is 14.5 Å². The molecule has 2 N–H and O–H groups in total. The number of hydrogen-bond acceptors (Lipinski definition) is 3. The Balaban J connectivity index is 2.12. The molecule has 0 spiro atoms. The number of hydrogen-bond donors (Lipinski definition) is 2. The van der Waals surface area contributed by atoms with Crippen molar-refractivity contribution in [1.82, 2.24) is 5.32 Å². The van der Waals surface area contributed by atoms with E-state index in [0.717, 1.165) is 16.9 Å². The van der Waals surface area contributed by atoms with E-state index >= 15 is 0 Å². The summed E-state index contributed by atoms with van der Waals surface area (Å²) in [4.78, 5) is 25.4. The zero-order valence-corrected chi connectivity index (χ0v) is 9.49. The molecular formula is C12H13N3O2. The molecule has 17 heavy (non-hydrogen) atoms. The molecule has 3 rings (SSSR count). The Morgan fingerprint density at radius 1 is 1.35 bits per heavy atom. The molecule has 0 aromatic heterocycles. The van der Waals surface area contributed by atoms with Crippen LogP contribution in [0.2, 0.25) is 0 Å². The molecular weight excluding hydrogens is 218 g/mol. The van der Waals surface area contributed by atoms with E-state index in [4.69, 9.17) is 0 Å². The largest absolute Gasteiger partial charge is 0.322 e. The Hall–Kier alpha value is -1.88. The van der Waals surface area contributed by atoms with Crippen LogP contribution in [0.1, 0.15) is 5.56 Å². The summed E-state index contributed by atoms with van der Waals surface area (Å²) in [7, 11) is 0. The second-order valence-corrected chi connectivity index (χ2v) is 4.42. The molecule has 2 amide bonds. The van der Waals surface area contributed by atoms with Crippen LogP contribution >= 0.6 is 0 Å². The molecule has 1 saturated heterocycles. The van der Waals surface area contributed by atoms with Crippen LogP contribution in [-0.2, 0) is 9.59 Å². The first-order valence-corrected chi connectivity index (χ1v) is 5.61. The number of rotatable bonds is 0. The Morgan fingerprint density at radius 2 is 2.18 bits per heavy atom. The second kappa shape index (κ2) is 3.56. The van der Waals surface area contributed by atoms with Crippen LogP contribution in [-0.4, -0.2) is 30.9 Å². The summed E-state index contributed by atoms with van der Waals surface area (Å²) in [5.74, 6) is -0.176. The number of fused-ring (bicyclic) bond motifs is 3. The van der Waals surface area contributed by atoms with Crippen LogP contribution in [0.3, 0.4) is 0 Å². The van der Waals surface area contributed by atoms with Crippen molar-refractivity contribution in [2.45, 2.75) is 13.0 Å². The van der Waals surface area contributed by atoms with Gasteiger partial charge in [0.2, 0.25) is 11.8 Å². The summed E-state index contributed by atoms with van der Waals surface area (Å²) in [6, 6.07) is 5.30. The molecule has 0 aliphatic carbocycles. The van der Waals surface area contributed by atoms with Crippen molar-refractivity contribution in [3.05, 3.63) is 23.8 Å². The minimum Gasteiger partial charge on any atom is -0.322 e. The Labute approximate surface area is 98.8 Å². The van der Waals surface area contributed by atoms with Gasteiger partial charge < -0.3 is 10.6 Å². The number of nitrogens with one attached hydrogen (secondary N) is 2. The molecule has 5 nitrogen and oxygen atoms in total. The van der Waals surface area contributed by atoms with E-state index in [1.54, 1.807) is 4.90 Å². The first kappa shape index (κ1) is 10.3. The fraction of sp³-hybridized carbons (Fsp3) is 0.333. The van der Waals surface area contributed by atoms with Gasteiger partial charge >= 0.3 is 0 Å². The van der Waals surface area contributed by atoms with Gasteiger partial charge in [-0.05, 0) is 24.6 Å².